The lowest BCUT2D eigenvalue weighted by Crippen LogP contribution is -2.12. The predicted octanol–water partition coefficient (Wildman–Crippen LogP) is 6.77. The predicted molar refractivity (Wildman–Crippen MR) is 139 cm³/mol. The Morgan fingerprint density at radius 2 is 1.40 bits per heavy atom. The summed E-state index contributed by atoms with van der Waals surface area (Å²) in [6.07, 6.45) is 0.525. The van der Waals surface area contributed by atoms with Crippen LogP contribution in [0.4, 0.5) is 0 Å². The van der Waals surface area contributed by atoms with Gasteiger partial charge in [0.1, 0.15) is 0 Å². The molecule has 1 atom stereocenters. The lowest BCUT2D eigenvalue weighted by Gasteiger charge is -2.21. The zero-order valence-corrected chi connectivity index (χ0v) is 20.1. The molecule has 0 saturated heterocycles. The van der Waals surface area contributed by atoms with Gasteiger partial charge < -0.3 is 10.3 Å². The van der Waals surface area contributed by atoms with Crippen LogP contribution in [0.3, 0.4) is 0 Å². The summed E-state index contributed by atoms with van der Waals surface area (Å²) < 4.78 is 0. The quantitative estimate of drug-likeness (QED) is 0.180. The molecule has 35 heavy (non-hydrogen) atoms. The standard InChI is InChI=1S/C30H28N2O3/c1-19-6-4-5-7-27(19)28(18-29(32-35)26-16-20(2)31-21(3)17-26)24-12-8-22(9-13-24)23-10-14-25(15-11-23)30(33)34/h4-17,28,35H,18H2,1-3H3,(H,33,34)/b32-29-/t28-/m1/s1. The van der Waals surface area contributed by atoms with Crippen molar-refractivity contribution in [3.63, 3.8) is 0 Å². The minimum Gasteiger partial charge on any atom is -0.478 e. The van der Waals surface area contributed by atoms with E-state index in [0.29, 0.717) is 12.1 Å². The molecule has 176 valence electrons. The van der Waals surface area contributed by atoms with Crippen LogP contribution in [0.15, 0.2) is 90.1 Å². The number of nitrogens with zero attached hydrogens (tertiary/aromatic N) is 2. The number of carbonyl (C=O) groups is 1. The molecular weight excluding hydrogens is 436 g/mol. The van der Waals surface area contributed by atoms with E-state index in [9.17, 15) is 10.0 Å². The Bertz CT molecular complexity index is 1350. The Balaban J connectivity index is 1.70. The first-order valence-electron chi connectivity index (χ1n) is 11.5. The molecule has 0 amide bonds. The molecule has 0 saturated carbocycles. The molecular formula is C30H28N2O3. The highest BCUT2D eigenvalue weighted by molar-refractivity contribution is 6.01. The van der Waals surface area contributed by atoms with E-state index < -0.39 is 5.97 Å². The molecule has 0 aliphatic rings. The normalized spacial score (nSPS) is 12.4. The zero-order chi connectivity index (χ0) is 24.9. The minimum atomic E-state index is -0.936. The number of benzene rings is 3. The Hall–Kier alpha value is -4.25. The minimum absolute atomic E-state index is 0.0145. The van der Waals surface area contributed by atoms with Crippen LogP contribution in [-0.2, 0) is 0 Å². The van der Waals surface area contributed by atoms with Gasteiger partial charge in [-0.05, 0) is 72.9 Å². The number of rotatable bonds is 7. The summed E-state index contributed by atoms with van der Waals surface area (Å²) in [6, 6.07) is 27.3. The van der Waals surface area contributed by atoms with Gasteiger partial charge in [0.2, 0.25) is 0 Å². The van der Waals surface area contributed by atoms with Crippen LogP contribution in [0.1, 0.15) is 56.3 Å². The van der Waals surface area contributed by atoms with E-state index in [1.54, 1.807) is 12.1 Å². The van der Waals surface area contributed by atoms with Crippen molar-refractivity contribution in [1.82, 2.24) is 4.98 Å². The second-order valence-corrected chi connectivity index (χ2v) is 8.80. The summed E-state index contributed by atoms with van der Waals surface area (Å²) in [5.41, 5.74) is 8.92. The van der Waals surface area contributed by atoms with Crippen molar-refractivity contribution in [3.8, 4) is 11.1 Å². The van der Waals surface area contributed by atoms with Gasteiger partial charge in [0.05, 0.1) is 11.3 Å². The molecule has 5 heteroatoms. The third kappa shape index (κ3) is 5.46. The van der Waals surface area contributed by atoms with Crippen molar-refractivity contribution in [2.75, 3.05) is 0 Å². The summed E-state index contributed by atoms with van der Waals surface area (Å²) in [7, 11) is 0. The molecule has 1 aromatic heterocycles. The third-order valence-electron chi connectivity index (χ3n) is 6.28. The molecule has 0 aliphatic heterocycles. The number of hydrogen-bond acceptors (Lipinski definition) is 4. The molecule has 2 N–H and O–H groups in total. The third-order valence-corrected chi connectivity index (χ3v) is 6.28. The van der Waals surface area contributed by atoms with Gasteiger partial charge >= 0.3 is 5.97 Å². The zero-order valence-electron chi connectivity index (χ0n) is 20.1. The average molecular weight is 465 g/mol. The lowest BCUT2D eigenvalue weighted by molar-refractivity contribution is 0.0697. The molecule has 1 heterocycles. The number of aromatic nitrogens is 1. The van der Waals surface area contributed by atoms with Crippen LogP contribution in [0.25, 0.3) is 11.1 Å². The maximum Gasteiger partial charge on any atom is 0.335 e. The van der Waals surface area contributed by atoms with Gasteiger partial charge in [-0.1, -0.05) is 65.8 Å². The van der Waals surface area contributed by atoms with Gasteiger partial charge in [-0.3, -0.25) is 4.98 Å². The molecule has 0 bridgehead atoms. The Morgan fingerprint density at radius 1 is 0.829 bits per heavy atom. The van der Waals surface area contributed by atoms with Gasteiger partial charge in [-0.2, -0.15) is 0 Å². The van der Waals surface area contributed by atoms with Crippen LogP contribution in [0.2, 0.25) is 0 Å². The molecule has 0 aliphatic carbocycles. The molecule has 0 unspecified atom stereocenters. The fourth-order valence-corrected chi connectivity index (χ4v) is 4.51. The fourth-order valence-electron chi connectivity index (χ4n) is 4.51. The first kappa shape index (κ1) is 23.9. The van der Waals surface area contributed by atoms with Gasteiger partial charge in [0, 0.05) is 29.3 Å². The van der Waals surface area contributed by atoms with Gasteiger partial charge in [-0.25, -0.2) is 4.79 Å². The number of pyridine rings is 1. The highest BCUT2D eigenvalue weighted by atomic mass is 16.4. The van der Waals surface area contributed by atoms with E-state index in [1.807, 2.05) is 62.4 Å². The van der Waals surface area contributed by atoms with Gasteiger partial charge in [0.25, 0.3) is 0 Å². The molecule has 0 fully saturated rings. The average Bonchev–Trinajstić information content (AvgIpc) is 2.85. The number of carboxylic acids is 1. The number of carboxylic acid groups (broad SMARTS) is 1. The van der Waals surface area contributed by atoms with Crippen LogP contribution < -0.4 is 0 Å². The van der Waals surface area contributed by atoms with Gasteiger partial charge in [0.15, 0.2) is 0 Å². The van der Waals surface area contributed by atoms with E-state index in [4.69, 9.17) is 5.11 Å². The summed E-state index contributed by atoms with van der Waals surface area (Å²) in [6.45, 7) is 5.97. The molecule has 3 aromatic carbocycles. The van der Waals surface area contributed by atoms with Crippen molar-refractivity contribution in [2.24, 2.45) is 5.16 Å². The molecule has 0 radical (unpaired) electrons. The fraction of sp³-hybridized carbons (Fsp3) is 0.167. The van der Waals surface area contributed by atoms with Crippen molar-refractivity contribution in [2.45, 2.75) is 33.1 Å². The second kappa shape index (κ2) is 10.3. The highest BCUT2D eigenvalue weighted by Crippen LogP contribution is 2.33. The Morgan fingerprint density at radius 3 is 1.94 bits per heavy atom. The van der Waals surface area contributed by atoms with Gasteiger partial charge in [-0.15, -0.1) is 0 Å². The van der Waals surface area contributed by atoms with Crippen LogP contribution >= 0.6 is 0 Å². The second-order valence-electron chi connectivity index (χ2n) is 8.80. The van der Waals surface area contributed by atoms with Crippen molar-refractivity contribution < 1.29 is 15.1 Å². The van der Waals surface area contributed by atoms with E-state index in [1.165, 1.54) is 11.1 Å². The van der Waals surface area contributed by atoms with Crippen LogP contribution in [0.5, 0.6) is 0 Å². The Kier molecular flexibility index (Phi) is 7.06. The summed E-state index contributed by atoms with van der Waals surface area (Å²) in [5, 5.41) is 22.8. The highest BCUT2D eigenvalue weighted by Gasteiger charge is 2.21. The summed E-state index contributed by atoms with van der Waals surface area (Å²) in [4.78, 5) is 15.6. The number of aryl methyl sites for hydroxylation is 3. The van der Waals surface area contributed by atoms with Crippen molar-refractivity contribution in [3.05, 3.63) is 124 Å². The first-order chi connectivity index (χ1) is 16.9. The van der Waals surface area contributed by atoms with E-state index in [-0.39, 0.29) is 11.5 Å². The number of aromatic carboxylic acids is 1. The lowest BCUT2D eigenvalue weighted by atomic mass is 9.83. The molecule has 4 rings (SSSR count). The van der Waals surface area contributed by atoms with E-state index >= 15 is 0 Å². The van der Waals surface area contributed by atoms with Crippen molar-refractivity contribution >= 4 is 11.7 Å². The summed E-state index contributed by atoms with van der Waals surface area (Å²) >= 11 is 0. The number of oxime groups is 1. The monoisotopic (exact) mass is 464 g/mol. The largest absolute Gasteiger partial charge is 0.478 e. The topological polar surface area (TPSA) is 82.8 Å². The SMILES string of the molecule is Cc1cc(/C(C[C@H](c2ccc(-c3ccc(C(=O)O)cc3)cc2)c2ccccc2C)=N\O)cc(C)n1. The maximum atomic E-state index is 11.2. The molecule has 4 aromatic rings. The molecule has 0 spiro atoms. The van der Waals surface area contributed by atoms with Crippen LogP contribution in [0, 0.1) is 20.8 Å². The molecule has 5 nitrogen and oxygen atoms in total. The van der Waals surface area contributed by atoms with Crippen molar-refractivity contribution in [1.29, 1.82) is 0 Å². The van der Waals surface area contributed by atoms with E-state index in [2.05, 4.69) is 41.3 Å². The smallest absolute Gasteiger partial charge is 0.335 e. The Labute approximate surface area is 205 Å². The maximum absolute atomic E-state index is 11.2. The van der Waals surface area contributed by atoms with Crippen LogP contribution in [-0.4, -0.2) is 27.0 Å². The first-order valence-corrected chi connectivity index (χ1v) is 11.5. The number of hydrogen-bond donors (Lipinski definition) is 2. The van der Waals surface area contributed by atoms with E-state index in [0.717, 1.165) is 33.6 Å². The summed E-state index contributed by atoms with van der Waals surface area (Å²) in [5.74, 6) is -0.951.